The van der Waals surface area contributed by atoms with Gasteiger partial charge in [0.2, 0.25) is 0 Å². The van der Waals surface area contributed by atoms with Gasteiger partial charge in [-0.3, -0.25) is 4.57 Å². The monoisotopic (exact) mass is 370 g/mol. The molecule has 14 heteroatoms. The third kappa shape index (κ3) is 3.79. The van der Waals surface area contributed by atoms with Gasteiger partial charge < -0.3 is 35.0 Å². The second kappa shape index (κ2) is 7.31. The van der Waals surface area contributed by atoms with E-state index in [1.165, 1.54) is 17.2 Å². The Bertz CT molecular complexity index is 773. The number of aromatic nitrogens is 4. The summed E-state index contributed by atoms with van der Waals surface area (Å²) in [5.74, 6) is 0.169. The fraction of sp³-hybridized carbons (Fsp3) is 0.500. The molecule has 2 aromatic rings. The van der Waals surface area contributed by atoms with Crippen LogP contribution in [0.1, 0.15) is 6.23 Å². The zero-order valence-corrected chi connectivity index (χ0v) is 14.2. The fourth-order valence-corrected chi connectivity index (χ4v) is 2.85. The van der Waals surface area contributed by atoms with Crippen LogP contribution in [0.15, 0.2) is 12.7 Å². The van der Waals surface area contributed by atoms with Gasteiger partial charge in [-0.25, -0.2) is 15.0 Å². The van der Waals surface area contributed by atoms with Gasteiger partial charge in [-0.15, -0.1) is 0 Å². The summed E-state index contributed by atoms with van der Waals surface area (Å²) >= 11 is 4.33. The van der Waals surface area contributed by atoms with Gasteiger partial charge >= 0.3 is 6.72 Å². The van der Waals surface area contributed by atoms with Gasteiger partial charge in [0.05, 0.1) is 12.9 Å². The second-order valence-electron chi connectivity index (χ2n) is 4.92. The van der Waals surface area contributed by atoms with Crippen LogP contribution in [0, 0.1) is 0 Å². The van der Waals surface area contributed by atoms with E-state index in [1.807, 2.05) is 0 Å². The van der Waals surface area contributed by atoms with Crippen molar-refractivity contribution in [2.75, 3.05) is 12.3 Å². The Morgan fingerprint density at radius 3 is 2.67 bits per heavy atom. The van der Waals surface area contributed by atoms with Crippen LogP contribution in [-0.2, 0) is 21.1 Å². The van der Waals surface area contributed by atoms with Crippen molar-refractivity contribution in [1.29, 1.82) is 0 Å². The predicted molar refractivity (Wildman–Crippen MR) is 86.1 cm³/mol. The number of nitrogens with zero attached hydrogens (tertiary/aromatic N) is 4. The van der Waals surface area contributed by atoms with E-state index >= 15 is 0 Å². The first kappa shape index (κ1) is 19.7. The van der Waals surface area contributed by atoms with E-state index in [0.29, 0.717) is 11.2 Å². The van der Waals surface area contributed by atoms with Crippen molar-refractivity contribution in [3.05, 3.63) is 12.7 Å². The third-order valence-electron chi connectivity index (χ3n) is 3.41. The van der Waals surface area contributed by atoms with Gasteiger partial charge in [0.25, 0.3) is 0 Å². The maximum Gasteiger partial charge on any atom is 0.321 e. The minimum Gasteiger partial charge on any atom is -0.387 e. The molecular formula is C10H14LiN5O6PS. The van der Waals surface area contributed by atoms with Gasteiger partial charge in [-0.2, -0.15) is 0 Å². The second-order valence-corrected chi connectivity index (χ2v) is 7.58. The molecule has 6 N–H and O–H groups in total. The minimum atomic E-state index is -3.89. The number of aliphatic hydroxyl groups is 2. The number of nitrogen functional groups attached to an aromatic ring is 1. The molecule has 1 radical (unpaired) electrons. The van der Waals surface area contributed by atoms with Crippen LogP contribution < -0.4 is 5.73 Å². The Labute approximate surface area is 152 Å². The average Bonchev–Trinajstić information content (AvgIpc) is 3.01. The first-order valence-electron chi connectivity index (χ1n) is 6.42. The maximum atomic E-state index is 10.2. The first-order chi connectivity index (χ1) is 10.8. The quantitative estimate of drug-likeness (QED) is 0.294. The Balaban J connectivity index is 0.00000208. The summed E-state index contributed by atoms with van der Waals surface area (Å²) in [5, 5.41) is 20.2. The molecule has 1 saturated heterocycles. The van der Waals surface area contributed by atoms with E-state index in [4.69, 9.17) is 20.3 Å². The van der Waals surface area contributed by atoms with Gasteiger partial charge in [0.15, 0.2) is 17.7 Å². The molecule has 0 bridgehead atoms. The van der Waals surface area contributed by atoms with E-state index < -0.39 is 31.3 Å². The number of hydrogen-bond donors (Lipinski definition) is 5. The van der Waals surface area contributed by atoms with Crippen molar-refractivity contribution >= 4 is 54.4 Å². The average molecular weight is 370 g/mol. The van der Waals surface area contributed by atoms with Crippen LogP contribution in [0.5, 0.6) is 0 Å². The molecular weight excluding hydrogens is 356 g/mol. The number of hydrogen-bond acceptors (Lipinski definition) is 9. The predicted octanol–water partition coefficient (Wildman–Crippen LogP) is -2.13. The summed E-state index contributed by atoms with van der Waals surface area (Å²) in [4.78, 5) is 30.0. The van der Waals surface area contributed by atoms with Crippen LogP contribution in [0.2, 0.25) is 0 Å². The van der Waals surface area contributed by atoms with Crippen LogP contribution >= 0.6 is 6.72 Å². The zero-order valence-electron chi connectivity index (χ0n) is 12.5. The van der Waals surface area contributed by atoms with Crippen LogP contribution in [-0.4, -0.2) is 83.3 Å². The minimum absolute atomic E-state index is 0. The summed E-state index contributed by atoms with van der Waals surface area (Å²) < 4.78 is 11.6. The van der Waals surface area contributed by atoms with E-state index in [2.05, 4.69) is 31.3 Å². The van der Waals surface area contributed by atoms with Crippen molar-refractivity contribution in [2.45, 2.75) is 24.5 Å². The van der Waals surface area contributed by atoms with Crippen molar-refractivity contribution < 1.29 is 29.3 Å². The number of nitrogens with two attached hydrogens (primary N) is 1. The zero-order chi connectivity index (χ0) is 16.8. The standard InChI is InChI=1S/C10H14N5O6PS.Li/c11-8-5-9(13-2-12-8)15(3-14-5)10-7(17)6(16)4(21-10)1-20-22(18,19)23;/h2-4,6-7,10,16-17H,1H2,(H2,11,12,13)(H2,18,19,23);/t4-,6-,7-,10-;/m1./s1. The summed E-state index contributed by atoms with van der Waals surface area (Å²) in [6, 6.07) is 0. The van der Waals surface area contributed by atoms with Crippen molar-refractivity contribution in [3.63, 3.8) is 0 Å². The normalized spacial score (nSPS) is 27.3. The number of fused-ring (bicyclic) bond motifs is 1. The molecule has 0 aliphatic carbocycles. The Morgan fingerprint density at radius 2 is 2.00 bits per heavy atom. The van der Waals surface area contributed by atoms with E-state index in [9.17, 15) is 10.2 Å². The molecule has 24 heavy (non-hydrogen) atoms. The van der Waals surface area contributed by atoms with Gasteiger partial charge in [0, 0.05) is 18.9 Å². The Kier molecular flexibility index (Phi) is 5.99. The smallest absolute Gasteiger partial charge is 0.321 e. The molecule has 2 aromatic heterocycles. The topological polar surface area (TPSA) is 169 Å². The number of aliphatic hydroxyl groups excluding tert-OH is 2. The van der Waals surface area contributed by atoms with Crippen LogP contribution in [0.25, 0.3) is 11.2 Å². The van der Waals surface area contributed by atoms with Crippen molar-refractivity contribution in [3.8, 4) is 0 Å². The van der Waals surface area contributed by atoms with E-state index in [-0.39, 0.29) is 31.3 Å². The molecule has 0 unspecified atom stereocenters. The summed E-state index contributed by atoms with van der Waals surface area (Å²) in [6.45, 7) is -4.27. The van der Waals surface area contributed by atoms with Crippen LogP contribution in [0.3, 0.4) is 0 Å². The van der Waals surface area contributed by atoms with Crippen LogP contribution in [0.4, 0.5) is 5.82 Å². The van der Waals surface area contributed by atoms with E-state index in [1.54, 1.807) is 0 Å². The summed E-state index contributed by atoms with van der Waals surface area (Å²) in [5.41, 5.74) is 6.35. The molecule has 1 aliphatic rings. The number of anilines is 1. The van der Waals surface area contributed by atoms with Gasteiger partial charge in [0.1, 0.15) is 30.2 Å². The Hall–Kier alpha value is -0.643. The molecule has 3 rings (SSSR count). The molecule has 4 atom stereocenters. The molecule has 0 amide bonds. The summed E-state index contributed by atoms with van der Waals surface area (Å²) in [7, 11) is 0. The number of rotatable bonds is 4. The van der Waals surface area contributed by atoms with Crippen molar-refractivity contribution in [1.82, 2.24) is 19.5 Å². The molecule has 0 saturated carbocycles. The number of ether oxygens (including phenoxy) is 1. The molecule has 0 spiro atoms. The molecule has 3 heterocycles. The SMILES string of the molecule is Nc1ncnc2c1ncn2[C@@H]1O[C@H](COP(O)(O)=S)[C@@H](O)[C@H]1O.[Li]. The fourth-order valence-electron chi connectivity index (χ4n) is 2.32. The largest absolute Gasteiger partial charge is 0.387 e. The van der Waals surface area contributed by atoms with Gasteiger partial charge in [-0.1, -0.05) is 0 Å². The molecule has 1 fully saturated rings. The molecule has 127 valence electrons. The van der Waals surface area contributed by atoms with Gasteiger partial charge in [-0.05, 0) is 11.8 Å². The van der Waals surface area contributed by atoms with Crippen molar-refractivity contribution in [2.24, 2.45) is 0 Å². The molecule has 0 aromatic carbocycles. The molecule has 1 aliphatic heterocycles. The maximum absolute atomic E-state index is 10.2. The molecule has 11 nitrogen and oxygen atoms in total. The Morgan fingerprint density at radius 1 is 1.29 bits per heavy atom. The first-order valence-corrected chi connectivity index (χ1v) is 9.05. The third-order valence-corrected chi connectivity index (χ3v) is 4.21. The number of imidazole rings is 1. The van der Waals surface area contributed by atoms with E-state index in [0.717, 1.165) is 0 Å². The summed E-state index contributed by atoms with van der Waals surface area (Å²) in [6.07, 6.45) is -2.06.